The number of rotatable bonds is 13. The molecule has 0 saturated carbocycles. The van der Waals surface area contributed by atoms with E-state index in [2.05, 4.69) is 26.3 Å². The quantitative estimate of drug-likeness (QED) is 0.203. The number of furan rings is 1. The van der Waals surface area contributed by atoms with Gasteiger partial charge in [-0.2, -0.15) is 0 Å². The minimum Gasteiger partial charge on any atom is -0.465 e. The number of allylic oxidation sites excluding steroid dienone is 1. The van der Waals surface area contributed by atoms with E-state index in [1.807, 2.05) is 0 Å². The summed E-state index contributed by atoms with van der Waals surface area (Å²) in [5.41, 5.74) is 1.26. The Morgan fingerprint density at radius 3 is 2.37 bits per heavy atom. The number of likely N-dealkylation sites (N-methyl/N-ethyl adjacent to an activating group) is 1. The van der Waals surface area contributed by atoms with Gasteiger partial charge in [-0.15, -0.1) is 0 Å². The van der Waals surface area contributed by atoms with E-state index in [1.54, 1.807) is 48.7 Å². The second kappa shape index (κ2) is 12.1. The van der Waals surface area contributed by atoms with Crippen LogP contribution in [0.2, 0.25) is 0 Å². The molecule has 0 atom stereocenters. The molecule has 2 rings (SSSR count). The van der Waals surface area contributed by atoms with Crippen molar-refractivity contribution < 1.29 is 18.5 Å². The number of ketones is 1. The number of benzene rings is 1. The van der Waals surface area contributed by atoms with Gasteiger partial charge in [-0.1, -0.05) is 32.6 Å². The fourth-order valence-corrected chi connectivity index (χ4v) is 3.35. The first-order chi connectivity index (χ1) is 14.4. The molecule has 5 nitrogen and oxygen atoms in total. The number of carbonyl (C=O) groups excluding carboxylic acids is 2. The van der Waals surface area contributed by atoms with Crippen molar-refractivity contribution in [2.75, 3.05) is 32.5 Å². The predicted molar refractivity (Wildman–Crippen MR) is 122 cm³/mol. The molecule has 1 aromatic heterocycles. The highest BCUT2D eigenvalue weighted by Gasteiger charge is 2.19. The molecular formula is C25H35N2O3+. The Balaban J connectivity index is 1.77. The number of quaternary nitrogens is 1. The molecule has 2 aromatic rings. The van der Waals surface area contributed by atoms with Crippen LogP contribution in [-0.4, -0.2) is 43.4 Å². The number of nitrogens with one attached hydrogen (secondary N) is 1. The van der Waals surface area contributed by atoms with Gasteiger partial charge in [0.05, 0.1) is 26.9 Å². The summed E-state index contributed by atoms with van der Waals surface area (Å²) in [5, 5.41) is 2.94. The Hall–Kier alpha value is -2.66. The van der Waals surface area contributed by atoms with Crippen molar-refractivity contribution in [2.45, 2.75) is 45.4 Å². The SMILES string of the molecule is CCCCCCCC[N+](C)(C)CC(=O)Nc1ccc(C(=O)/C=C/c2ccco2)cc1. The van der Waals surface area contributed by atoms with E-state index < -0.39 is 0 Å². The summed E-state index contributed by atoms with van der Waals surface area (Å²) in [7, 11) is 4.19. The van der Waals surface area contributed by atoms with Crippen molar-refractivity contribution in [3.63, 3.8) is 0 Å². The lowest BCUT2D eigenvalue weighted by molar-refractivity contribution is -0.882. The van der Waals surface area contributed by atoms with Crippen LogP contribution in [0, 0.1) is 0 Å². The van der Waals surface area contributed by atoms with Crippen LogP contribution in [-0.2, 0) is 4.79 Å². The number of nitrogens with zero attached hydrogens (tertiary/aromatic N) is 1. The fourth-order valence-electron chi connectivity index (χ4n) is 3.35. The fraction of sp³-hybridized carbons (Fsp3) is 0.440. The van der Waals surface area contributed by atoms with Crippen LogP contribution in [0.25, 0.3) is 6.08 Å². The van der Waals surface area contributed by atoms with Crippen molar-refractivity contribution in [3.8, 4) is 0 Å². The van der Waals surface area contributed by atoms with E-state index in [-0.39, 0.29) is 11.7 Å². The summed E-state index contributed by atoms with van der Waals surface area (Å²) in [6, 6.07) is 10.5. The van der Waals surface area contributed by atoms with E-state index in [1.165, 1.54) is 38.2 Å². The summed E-state index contributed by atoms with van der Waals surface area (Å²) in [4.78, 5) is 24.7. The Morgan fingerprint density at radius 1 is 1.00 bits per heavy atom. The first-order valence-corrected chi connectivity index (χ1v) is 10.9. The van der Waals surface area contributed by atoms with E-state index in [0.29, 0.717) is 28.0 Å². The third kappa shape index (κ3) is 8.78. The third-order valence-corrected chi connectivity index (χ3v) is 5.08. The standard InChI is InChI=1S/C25H34N2O3/c1-4-5-6-7-8-9-18-27(2,3)20-25(29)26-22-14-12-21(13-15-22)24(28)17-16-23-11-10-19-30-23/h10-17,19H,4-9,18,20H2,1-3H3/p+1/b17-16+. The van der Waals surface area contributed by atoms with Crippen LogP contribution in [0.4, 0.5) is 5.69 Å². The molecule has 162 valence electrons. The Bertz CT molecular complexity index is 805. The van der Waals surface area contributed by atoms with Crippen LogP contribution in [0.3, 0.4) is 0 Å². The van der Waals surface area contributed by atoms with Gasteiger partial charge in [-0.3, -0.25) is 9.59 Å². The molecule has 0 aliphatic heterocycles. The topological polar surface area (TPSA) is 59.3 Å². The van der Waals surface area contributed by atoms with Crippen molar-refractivity contribution in [1.29, 1.82) is 0 Å². The maximum Gasteiger partial charge on any atom is 0.279 e. The zero-order valence-electron chi connectivity index (χ0n) is 18.5. The normalized spacial score (nSPS) is 11.7. The maximum absolute atomic E-state index is 12.4. The van der Waals surface area contributed by atoms with Gasteiger partial charge < -0.3 is 14.2 Å². The molecule has 5 heteroatoms. The second-order valence-electron chi connectivity index (χ2n) is 8.42. The second-order valence-corrected chi connectivity index (χ2v) is 8.42. The third-order valence-electron chi connectivity index (χ3n) is 5.08. The highest BCUT2D eigenvalue weighted by molar-refractivity contribution is 6.07. The number of anilines is 1. The average Bonchev–Trinajstić information content (AvgIpc) is 3.22. The lowest BCUT2D eigenvalue weighted by Gasteiger charge is -2.29. The van der Waals surface area contributed by atoms with Crippen LogP contribution in [0.15, 0.2) is 53.2 Å². The molecule has 30 heavy (non-hydrogen) atoms. The van der Waals surface area contributed by atoms with E-state index in [4.69, 9.17) is 4.42 Å². The molecule has 0 aliphatic rings. The smallest absolute Gasteiger partial charge is 0.279 e. The van der Waals surface area contributed by atoms with Crippen LogP contribution in [0.1, 0.15) is 61.6 Å². The average molecular weight is 412 g/mol. The highest BCUT2D eigenvalue weighted by atomic mass is 16.3. The lowest BCUT2D eigenvalue weighted by atomic mass is 10.1. The summed E-state index contributed by atoms with van der Waals surface area (Å²) < 4.78 is 5.86. The number of carbonyl (C=O) groups is 2. The minimum absolute atomic E-state index is 0.0113. The molecule has 1 heterocycles. The molecule has 1 N–H and O–H groups in total. The number of hydrogen-bond donors (Lipinski definition) is 1. The molecular weight excluding hydrogens is 376 g/mol. The zero-order valence-corrected chi connectivity index (χ0v) is 18.5. The van der Waals surface area contributed by atoms with Crippen LogP contribution in [0.5, 0.6) is 0 Å². The zero-order chi connectivity index (χ0) is 21.8. The van der Waals surface area contributed by atoms with Gasteiger partial charge in [-0.05, 0) is 61.4 Å². The van der Waals surface area contributed by atoms with Crippen LogP contribution >= 0.6 is 0 Å². The molecule has 0 spiro atoms. The summed E-state index contributed by atoms with van der Waals surface area (Å²) in [6.07, 6.45) is 12.2. The van der Waals surface area contributed by atoms with Gasteiger partial charge in [0, 0.05) is 11.3 Å². The number of unbranched alkanes of at least 4 members (excludes halogenated alkanes) is 5. The van der Waals surface area contributed by atoms with Gasteiger partial charge in [0.15, 0.2) is 12.3 Å². The first kappa shape index (κ1) is 23.6. The minimum atomic E-state index is -0.110. The molecule has 0 saturated heterocycles. The Kier molecular flexibility index (Phi) is 9.55. The van der Waals surface area contributed by atoms with Crippen LogP contribution < -0.4 is 5.32 Å². The molecule has 0 fully saturated rings. The molecule has 0 aliphatic carbocycles. The monoisotopic (exact) mass is 411 g/mol. The highest BCUT2D eigenvalue weighted by Crippen LogP contribution is 2.13. The summed E-state index contributed by atoms with van der Waals surface area (Å²) in [5.74, 6) is 0.512. The van der Waals surface area contributed by atoms with E-state index in [9.17, 15) is 9.59 Å². The Morgan fingerprint density at radius 2 is 1.70 bits per heavy atom. The largest absolute Gasteiger partial charge is 0.465 e. The molecule has 0 bridgehead atoms. The van der Waals surface area contributed by atoms with Crippen molar-refractivity contribution >= 4 is 23.5 Å². The molecule has 1 aromatic carbocycles. The van der Waals surface area contributed by atoms with E-state index >= 15 is 0 Å². The van der Waals surface area contributed by atoms with Gasteiger partial charge in [0.1, 0.15) is 5.76 Å². The lowest BCUT2D eigenvalue weighted by Crippen LogP contribution is -2.46. The van der Waals surface area contributed by atoms with Gasteiger partial charge in [0.2, 0.25) is 0 Å². The summed E-state index contributed by atoms with van der Waals surface area (Å²) in [6.45, 7) is 3.65. The summed E-state index contributed by atoms with van der Waals surface area (Å²) >= 11 is 0. The van der Waals surface area contributed by atoms with Crippen molar-refractivity contribution in [2.24, 2.45) is 0 Å². The predicted octanol–water partition coefficient (Wildman–Crippen LogP) is 5.55. The van der Waals surface area contributed by atoms with E-state index in [0.717, 1.165) is 13.0 Å². The molecule has 0 unspecified atom stereocenters. The Labute approximate surface area is 180 Å². The molecule has 1 amide bonds. The van der Waals surface area contributed by atoms with Gasteiger partial charge in [0.25, 0.3) is 5.91 Å². The molecule has 0 radical (unpaired) electrons. The van der Waals surface area contributed by atoms with Crippen molar-refractivity contribution in [3.05, 3.63) is 60.1 Å². The van der Waals surface area contributed by atoms with Gasteiger partial charge >= 0.3 is 0 Å². The number of hydrogen-bond acceptors (Lipinski definition) is 3. The number of amides is 1. The first-order valence-electron chi connectivity index (χ1n) is 10.9. The maximum atomic E-state index is 12.4. The van der Waals surface area contributed by atoms with Crippen molar-refractivity contribution in [1.82, 2.24) is 0 Å². The van der Waals surface area contributed by atoms with Gasteiger partial charge in [-0.25, -0.2) is 0 Å².